The van der Waals surface area contributed by atoms with E-state index in [-0.39, 0.29) is 17.9 Å². The zero-order valence-corrected chi connectivity index (χ0v) is 14.9. The molecule has 0 aromatic carbocycles. The summed E-state index contributed by atoms with van der Waals surface area (Å²) in [6, 6.07) is 5.17. The van der Waals surface area contributed by atoms with Crippen molar-refractivity contribution in [2.75, 3.05) is 12.8 Å². The third kappa shape index (κ3) is 5.29. The maximum Gasteiger partial charge on any atom is 0.261 e. The van der Waals surface area contributed by atoms with E-state index in [2.05, 4.69) is 21.9 Å². The zero-order valence-electron chi connectivity index (χ0n) is 14.1. The summed E-state index contributed by atoms with van der Waals surface area (Å²) in [6.07, 6.45) is 8.52. The molecule has 2 aromatic rings. The minimum atomic E-state index is -0.195. The number of anilines is 1. The maximum atomic E-state index is 12.4. The molecule has 0 aliphatic rings. The number of hydrogen-bond acceptors (Lipinski definition) is 6. The molecule has 2 rings (SSSR count). The minimum Gasteiger partial charge on any atom is -0.504 e. The van der Waals surface area contributed by atoms with Gasteiger partial charge in [-0.25, -0.2) is 9.97 Å². The Balaban J connectivity index is 2.00. The van der Waals surface area contributed by atoms with Crippen LogP contribution in [0.2, 0.25) is 0 Å². The van der Waals surface area contributed by atoms with Gasteiger partial charge in [0.2, 0.25) is 5.95 Å². The first-order valence-electron chi connectivity index (χ1n) is 7.55. The fourth-order valence-corrected chi connectivity index (χ4v) is 2.80. The van der Waals surface area contributed by atoms with E-state index >= 15 is 0 Å². The quantitative estimate of drug-likeness (QED) is 0.587. The minimum absolute atomic E-state index is 0.159. The number of rotatable bonds is 7. The highest BCUT2D eigenvalue weighted by molar-refractivity contribution is 7.17. The Morgan fingerprint density at radius 1 is 1.40 bits per heavy atom. The molecule has 0 aliphatic heterocycles. The highest BCUT2D eigenvalue weighted by atomic mass is 32.1. The lowest BCUT2D eigenvalue weighted by molar-refractivity contribution is 0.0950. The average Bonchev–Trinajstić information content (AvgIpc) is 3.08. The van der Waals surface area contributed by atoms with Crippen molar-refractivity contribution in [2.24, 2.45) is 0 Å². The van der Waals surface area contributed by atoms with Crippen LogP contribution in [0.25, 0.3) is 10.6 Å². The van der Waals surface area contributed by atoms with E-state index < -0.39 is 0 Å². The van der Waals surface area contributed by atoms with Crippen LogP contribution >= 0.6 is 11.3 Å². The summed E-state index contributed by atoms with van der Waals surface area (Å²) in [4.78, 5) is 21.9. The number of hydrogen-bond donors (Lipinski definition) is 2. The Kier molecular flexibility index (Phi) is 6.47. The number of allylic oxidation sites excluding steroid dienone is 2. The van der Waals surface area contributed by atoms with Gasteiger partial charge in [0.15, 0.2) is 0 Å². The van der Waals surface area contributed by atoms with Gasteiger partial charge in [0, 0.05) is 6.20 Å². The largest absolute Gasteiger partial charge is 0.504 e. The number of methoxy groups -OCH3 is 1. The molecule has 0 spiro atoms. The lowest BCUT2D eigenvalue weighted by atomic mass is 10.1. The van der Waals surface area contributed by atoms with Crippen molar-refractivity contribution < 1.29 is 9.53 Å². The molecule has 0 saturated heterocycles. The van der Waals surface area contributed by atoms with E-state index in [0.29, 0.717) is 10.6 Å². The fourth-order valence-electron chi connectivity index (χ4n) is 1.92. The van der Waals surface area contributed by atoms with Crippen molar-refractivity contribution in [1.29, 1.82) is 0 Å². The van der Waals surface area contributed by atoms with Gasteiger partial charge >= 0.3 is 0 Å². The van der Waals surface area contributed by atoms with E-state index in [1.54, 1.807) is 43.9 Å². The summed E-state index contributed by atoms with van der Waals surface area (Å²) in [7, 11) is 1.58. The molecule has 0 fully saturated rings. The van der Waals surface area contributed by atoms with E-state index in [4.69, 9.17) is 10.5 Å². The fraction of sp³-hybridized carbons (Fsp3) is 0.167. The molecule has 0 unspecified atom stereocenters. The summed E-state index contributed by atoms with van der Waals surface area (Å²) in [5, 5.41) is 2.92. The van der Waals surface area contributed by atoms with Gasteiger partial charge in [-0.2, -0.15) is 0 Å². The average molecular weight is 356 g/mol. The van der Waals surface area contributed by atoms with Gasteiger partial charge in [-0.3, -0.25) is 4.79 Å². The molecule has 0 aliphatic carbocycles. The van der Waals surface area contributed by atoms with Crippen LogP contribution in [0.1, 0.15) is 16.6 Å². The van der Waals surface area contributed by atoms with Gasteiger partial charge in [0.05, 0.1) is 34.9 Å². The molecule has 0 bridgehead atoms. The molecule has 6 nitrogen and oxygen atoms in total. The van der Waals surface area contributed by atoms with E-state index in [0.717, 1.165) is 10.5 Å². The zero-order chi connectivity index (χ0) is 18.2. The van der Waals surface area contributed by atoms with Gasteiger partial charge in [0.25, 0.3) is 5.91 Å². The van der Waals surface area contributed by atoms with Gasteiger partial charge < -0.3 is 15.8 Å². The predicted molar refractivity (Wildman–Crippen MR) is 101 cm³/mol. The summed E-state index contributed by atoms with van der Waals surface area (Å²) >= 11 is 1.35. The van der Waals surface area contributed by atoms with Crippen LogP contribution in [0, 0.1) is 0 Å². The first-order valence-corrected chi connectivity index (χ1v) is 8.37. The van der Waals surface area contributed by atoms with Crippen LogP contribution in [-0.2, 0) is 4.74 Å². The first kappa shape index (κ1) is 18.4. The second-order valence-corrected chi connectivity index (χ2v) is 6.24. The third-order valence-electron chi connectivity index (χ3n) is 3.30. The molecule has 2 aromatic heterocycles. The number of nitrogens with zero attached hydrogens (tertiary/aromatic N) is 2. The number of aromatic nitrogens is 2. The Bertz CT molecular complexity index is 811. The molecule has 2 heterocycles. The number of nitrogens with one attached hydrogen (secondary N) is 1. The Hall–Kier alpha value is -2.93. The predicted octanol–water partition coefficient (Wildman–Crippen LogP) is 3.18. The van der Waals surface area contributed by atoms with Crippen LogP contribution in [-0.4, -0.2) is 29.0 Å². The maximum absolute atomic E-state index is 12.4. The second-order valence-electron chi connectivity index (χ2n) is 5.16. The topological polar surface area (TPSA) is 90.1 Å². The van der Waals surface area contributed by atoms with E-state index in [9.17, 15) is 4.79 Å². The first-order chi connectivity index (χ1) is 12.0. The van der Waals surface area contributed by atoms with Crippen molar-refractivity contribution in [2.45, 2.75) is 13.0 Å². The molecule has 130 valence electrons. The third-order valence-corrected chi connectivity index (χ3v) is 4.40. The van der Waals surface area contributed by atoms with Gasteiger partial charge in [-0.05, 0) is 36.8 Å². The molecule has 0 saturated carbocycles. The molecule has 25 heavy (non-hydrogen) atoms. The SMILES string of the molecule is C=C(/C=C\C=C\OC)[C@H](C)NC(=O)c1ccc(-c2ccnc(N)n2)s1. The number of carbonyl (C=O) groups excluding carboxylic acids is 1. The van der Waals surface area contributed by atoms with Crippen molar-refractivity contribution in [3.05, 3.63) is 65.9 Å². The van der Waals surface area contributed by atoms with Crippen LogP contribution in [0.5, 0.6) is 0 Å². The van der Waals surface area contributed by atoms with Crippen LogP contribution in [0.3, 0.4) is 0 Å². The molecule has 0 radical (unpaired) electrons. The molecular formula is C18H20N4O2S. The number of ether oxygens (including phenoxy) is 1. The molecule has 3 N–H and O–H groups in total. The van der Waals surface area contributed by atoms with Crippen LogP contribution < -0.4 is 11.1 Å². The molecule has 1 amide bonds. The number of nitrogen functional groups attached to an aromatic ring is 1. The Morgan fingerprint density at radius 3 is 2.92 bits per heavy atom. The molecule has 7 heteroatoms. The van der Waals surface area contributed by atoms with Crippen molar-refractivity contribution in [1.82, 2.24) is 15.3 Å². The number of amides is 1. The smallest absolute Gasteiger partial charge is 0.261 e. The van der Waals surface area contributed by atoms with Crippen molar-refractivity contribution in [3.63, 3.8) is 0 Å². The number of carbonyl (C=O) groups is 1. The standard InChI is InChI=1S/C18H20N4O2S/c1-12(6-4-5-11-24-3)13(2)21-17(23)16-8-7-15(25-16)14-9-10-20-18(19)22-14/h4-11,13H,1H2,2-3H3,(H,21,23)(H2,19,20,22)/b6-4-,11-5+/t13-/m0/s1. The van der Waals surface area contributed by atoms with Gasteiger partial charge in [0.1, 0.15) is 0 Å². The lowest BCUT2D eigenvalue weighted by Gasteiger charge is -2.13. The normalized spacial score (nSPS) is 12.4. The lowest BCUT2D eigenvalue weighted by Crippen LogP contribution is -2.32. The Morgan fingerprint density at radius 2 is 2.20 bits per heavy atom. The van der Waals surface area contributed by atoms with Gasteiger partial charge in [-0.15, -0.1) is 11.3 Å². The summed E-state index contributed by atoms with van der Waals surface area (Å²) in [5.74, 6) is 0.0453. The summed E-state index contributed by atoms with van der Waals surface area (Å²) < 4.78 is 4.81. The summed E-state index contributed by atoms with van der Waals surface area (Å²) in [5.41, 5.74) is 7.08. The monoisotopic (exact) mass is 356 g/mol. The van der Waals surface area contributed by atoms with Crippen molar-refractivity contribution in [3.8, 4) is 10.6 Å². The molecule has 1 atom stereocenters. The summed E-state index contributed by atoms with van der Waals surface area (Å²) in [6.45, 7) is 5.84. The Labute approximate surface area is 150 Å². The highest BCUT2D eigenvalue weighted by Gasteiger charge is 2.14. The van der Waals surface area contributed by atoms with Crippen LogP contribution in [0.15, 0.2) is 61.0 Å². The van der Waals surface area contributed by atoms with Crippen LogP contribution in [0.4, 0.5) is 5.95 Å². The van der Waals surface area contributed by atoms with Crippen molar-refractivity contribution >= 4 is 23.2 Å². The van der Waals surface area contributed by atoms with E-state index in [1.165, 1.54) is 11.3 Å². The number of nitrogens with two attached hydrogens (primary N) is 1. The highest BCUT2D eigenvalue weighted by Crippen LogP contribution is 2.26. The number of thiophene rings is 1. The van der Waals surface area contributed by atoms with E-state index in [1.807, 2.05) is 19.1 Å². The molecular weight excluding hydrogens is 336 g/mol. The second kappa shape index (κ2) is 8.79. The van der Waals surface area contributed by atoms with Gasteiger partial charge in [-0.1, -0.05) is 18.7 Å².